The van der Waals surface area contributed by atoms with Crippen molar-refractivity contribution in [2.24, 2.45) is 0 Å². The van der Waals surface area contributed by atoms with Gasteiger partial charge in [0, 0.05) is 37.3 Å². The number of alkyl carbamates (subject to hydrolysis) is 1. The Labute approximate surface area is 194 Å². The van der Waals surface area contributed by atoms with E-state index in [2.05, 4.69) is 47.5 Å². The van der Waals surface area contributed by atoms with E-state index in [1.54, 1.807) is 0 Å². The zero-order chi connectivity index (χ0) is 22.6. The van der Waals surface area contributed by atoms with Gasteiger partial charge in [0.1, 0.15) is 12.4 Å². The molecule has 0 aliphatic heterocycles. The van der Waals surface area contributed by atoms with Crippen molar-refractivity contribution in [2.75, 3.05) is 13.2 Å². The highest BCUT2D eigenvalue weighted by atomic mass is 16.5. The van der Waals surface area contributed by atoms with Crippen molar-refractivity contribution in [3.05, 3.63) is 94.5 Å². The van der Waals surface area contributed by atoms with Crippen molar-refractivity contribution < 1.29 is 14.3 Å². The molecule has 3 aromatic carbocycles. The van der Waals surface area contributed by atoms with Crippen molar-refractivity contribution in [3.63, 3.8) is 0 Å². The van der Waals surface area contributed by atoms with Crippen LogP contribution < -0.4 is 5.32 Å². The number of carbonyl (C=O) groups is 2. The lowest BCUT2D eigenvalue weighted by Crippen LogP contribution is -2.26. The van der Waals surface area contributed by atoms with Gasteiger partial charge in [0.15, 0.2) is 0 Å². The number of ketones is 1. The SMILES string of the molecule is O=C1CCc2cc(C#CCCNC(=O)OCC3c4ccccc4-c4ccccc43)ccc2C1. The Kier molecular flexibility index (Phi) is 5.95. The topological polar surface area (TPSA) is 55.4 Å². The fourth-order valence-corrected chi connectivity index (χ4v) is 4.72. The molecule has 0 spiro atoms. The van der Waals surface area contributed by atoms with Gasteiger partial charge in [0.2, 0.25) is 0 Å². The van der Waals surface area contributed by atoms with Crippen LogP contribution in [0.4, 0.5) is 4.79 Å². The summed E-state index contributed by atoms with van der Waals surface area (Å²) in [6, 6.07) is 22.6. The zero-order valence-electron chi connectivity index (χ0n) is 18.4. The first-order valence-electron chi connectivity index (χ1n) is 11.4. The Morgan fingerprint density at radius 3 is 2.42 bits per heavy atom. The normalized spacial score (nSPS) is 13.9. The van der Waals surface area contributed by atoms with E-state index >= 15 is 0 Å². The first kappa shape index (κ1) is 21.0. The third-order valence-electron chi connectivity index (χ3n) is 6.36. The number of fused-ring (bicyclic) bond motifs is 4. The Morgan fingerprint density at radius 1 is 0.939 bits per heavy atom. The quantitative estimate of drug-likeness (QED) is 0.462. The fourth-order valence-electron chi connectivity index (χ4n) is 4.72. The van der Waals surface area contributed by atoms with Gasteiger partial charge in [-0.1, -0.05) is 66.4 Å². The molecule has 0 heterocycles. The summed E-state index contributed by atoms with van der Waals surface area (Å²) in [5.41, 5.74) is 8.12. The Bertz CT molecular complexity index is 1240. The van der Waals surface area contributed by atoms with Gasteiger partial charge in [-0.2, -0.15) is 0 Å². The summed E-state index contributed by atoms with van der Waals surface area (Å²) in [6.07, 6.45) is 2.07. The van der Waals surface area contributed by atoms with Gasteiger partial charge in [0.25, 0.3) is 0 Å². The summed E-state index contributed by atoms with van der Waals surface area (Å²) in [6.45, 7) is 0.742. The molecule has 5 rings (SSSR count). The summed E-state index contributed by atoms with van der Waals surface area (Å²) in [7, 11) is 0. The molecule has 0 radical (unpaired) electrons. The third kappa shape index (κ3) is 4.54. The number of ether oxygens (including phenoxy) is 1. The van der Waals surface area contributed by atoms with Crippen LogP contribution in [0.2, 0.25) is 0 Å². The predicted molar refractivity (Wildman–Crippen MR) is 128 cm³/mol. The first-order chi connectivity index (χ1) is 16.2. The largest absolute Gasteiger partial charge is 0.449 e. The zero-order valence-corrected chi connectivity index (χ0v) is 18.4. The van der Waals surface area contributed by atoms with Gasteiger partial charge in [-0.3, -0.25) is 4.79 Å². The molecular formula is C29H25NO3. The average Bonchev–Trinajstić information content (AvgIpc) is 3.16. The van der Waals surface area contributed by atoms with E-state index in [9.17, 15) is 9.59 Å². The molecule has 0 saturated carbocycles. The highest BCUT2D eigenvalue weighted by Crippen LogP contribution is 2.44. The van der Waals surface area contributed by atoms with Crippen LogP contribution in [0.5, 0.6) is 0 Å². The van der Waals surface area contributed by atoms with E-state index in [0.717, 1.165) is 17.5 Å². The summed E-state index contributed by atoms with van der Waals surface area (Å²) < 4.78 is 5.55. The second-order valence-corrected chi connectivity index (χ2v) is 8.50. The van der Waals surface area contributed by atoms with E-state index < -0.39 is 6.09 Å². The number of hydrogen-bond donors (Lipinski definition) is 1. The summed E-state index contributed by atoms with van der Waals surface area (Å²) in [4.78, 5) is 23.8. The predicted octanol–water partition coefficient (Wildman–Crippen LogP) is 5.02. The molecular weight excluding hydrogens is 410 g/mol. The molecule has 1 N–H and O–H groups in total. The van der Waals surface area contributed by atoms with Crippen LogP contribution in [-0.4, -0.2) is 25.0 Å². The molecule has 4 nitrogen and oxygen atoms in total. The molecule has 0 bridgehead atoms. The average molecular weight is 436 g/mol. The number of amides is 1. The molecule has 33 heavy (non-hydrogen) atoms. The van der Waals surface area contributed by atoms with E-state index in [0.29, 0.717) is 38.2 Å². The van der Waals surface area contributed by atoms with E-state index in [-0.39, 0.29) is 5.92 Å². The minimum atomic E-state index is -0.419. The van der Waals surface area contributed by atoms with Gasteiger partial charge >= 0.3 is 6.09 Å². The van der Waals surface area contributed by atoms with Crippen molar-refractivity contribution >= 4 is 11.9 Å². The standard InChI is InChI=1S/C29H25NO3/c31-23-15-14-21-17-20(12-13-22(21)18-23)7-5-6-16-30-29(32)33-19-28-26-10-3-1-8-24(26)25-9-2-4-11-27(25)28/h1-4,8-13,17,28H,6,14-16,18-19H2,(H,30,32). The second-order valence-electron chi connectivity index (χ2n) is 8.50. The highest BCUT2D eigenvalue weighted by molar-refractivity contribution is 5.83. The molecule has 0 saturated heterocycles. The van der Waals surface area contributed by atoms with Crippen LogP contribution in [-0.2, 0) is 22.4 Å². The van der Waals surface area contributed by atoms with Gasteiger partial charge in [-0.25, -0.2) is 4.79 Å². The molecule has 2 aliphatic rings. The van der Waals surface area contributed by atoms with Crippen molar-refractivity contribution in [2.45, 2.75) is 31.6 Å². The van der Waals surface area contributed by atoms with E-state index in [1.165, 1.54) is 27.8 Å². The Hall–Kier alpha value is -3.84. The number of benzene rings is 3. The van der Waals surface area contributed by atoms with Crippen molar-refractivity contribution in [1.82, 2.24) is 5.32 Å². The first-order valence-corrected chi connectivity index (χ1v) is 11.4. The molecule has 164 valence electrons. The van der Waals surface area contributed by atoms with Crippen LogP contribution in [0.15, 0.2) is 66.7 Å². The summed E-state index contributed by atoms with van der Waals surface area (Å²) >= 11 is 0. The highest BCUT2D eigenvalue weighted by Gasteiger charge is 2.28. The molecule has 0 unspecified atom stereocenters. The molecule has 0 aromatic heterocycles. The van der Waals surface area contributed by atoms with Crippen molar-refractivity contribution in [3.8, 4) is 23.0 Å². The Balaban J connectivity index is 1.11. The second kappa shape index (κ2) is 9.34. The lowest BCUT2D eigenvalue weighted by molar-refractivity contribution is -0.118. The number of hydrogen-bond acceptors (Lipinski definition) is 3. The minimum absolute atomic E-state index is 0.0576. The lowest BCUT2D eigenvalue weighted by Gasteiger charge is -2.14. The molecule has 0 atom stereocenters. The number of aryl methyl sites for hydroxylation is 1. The maximum Gasteiger partial charge on any atom is 0.407 e. The van der Waals surface area contributed by atoms with Crippen LogP contribution in [0.3, 0.4) is 0 Å². The monoisotopic (exact) mass is 435 g/mol. The maximum atomic E-state index is 12.2. The smallest absolute Gasteiger partial charge is 0.407 e. The van der Waals surface area contributed by atoms with Crippen LogP contribution >= 0.6 is 0 Å². The fraction of sp³-hybridized carbons (Fsp3) is 0.241. The molecule has 3 aromatic rings. The van der Waals surface area contributed by atoms with Crippen LogP contribution in [0, 0.1) is 11.8 Å². The van der Waals surface area contributed by atoms with Gasteiger partial charge in [-0.05, 0) is 51.9 Å². The van der Waals surface area contributed by atoms with E-state index in [4.69, 9.17) is 4.74 Å². The summed E-state index contributed by atoms with van der Waals surface area (Å²) in [5, 5.41) is 2.79. The third-order valence-corrected chi connectivity index (χ3v) is 6.36. The number of carbonyl (C=O) groups excluding carboxylic acids is 2. The molecule has 0 fully saturated rings. The number of nitrogens with one attached hydrogen (secondary N) is 1. The summed E-state index contributed by atoms with van der Waals surface area (Å²) in [5.74, 6) is 6.62. The van der Waals surface area contributed by atoms with Gasteiger partial charge < -0.3 is 10.1 Å². The van der Waals surface area contributed by atoms with Crippen LogP contribution in [0.1, 0.15) is 46.6 Å². The Morgan fingerprint density at radius 2 is 1.67 bits per heavy atom. The van der Waals surface area contributed by atoms with Gasteiger partial charge in [-0.15, -0.1) is 0 Å². The maximum absolute atomic E-state index is 12.2. The molecule has 4 heteroatoms. The van der Waals surface area contributed by atoms with E-state index in [1.807, 2.05) is 36.4 Å². The van der Waals surface area contributed by atoms with Crippen molar-refractivity contribution in [1.29, 1.82) is 0 Å². The number of rotatable bonds is 4. The van der Waals surface area contributed by atoms with Crippen LogP contribution in [0.25, 0.3) is 11.1 Å². The molecule has 1 amide bonds. The molecule has 2 aliphatic carbocycles. The minimum Gasteiger partial charge on any atom is -0.449 e. The van der Waals surface area contributed by atoms with Gasteiger partial charge in [0.05, 0.1) is 0 Å². The number of Topliss-reactive ketones (excluding diaryl/α,β-unsaturated/α-hetero) is 1. The lowest BCUT2D eigenvalue weighted by atomic mass is 9.90.